The zero-order valence-electron chi connectivity index (χ0n) is 8.62. The second-order valence-corrected chi connectivity index (χ2v) is 3.92. The van der Waals surface area contributed by atoms with Crippen molar-refractivity contribution in [3.8, 4) is 0 Å². The Balaban J connectivity index is 2.19. The number of amides is 1. The van der Waals surface area contributed by atoms with E-state index in [2.05, 4.69) is 11.4 Å². The van der Waals surface area contributed by atoms with Crippen molar-refractivity contribution < 1.29 is 9.90 Å². The van der Waals surface area contributed by atoms with Crippen LogP contribution in [-0.4, -0.2) is 11.2 Å². The van der Waals surface area contributed by atoms with Gasteiger partial charge in [-0.2, -0.15) is 0 Å². The van der Waals surface area contributed by atoms with Gasteiger partial charge in [-0.05, 0) is 42.4 Å². The molecule has 2 rings (SSSR count). The average molecular weight is 205 g/mol. The number of carboxylic acid groups (broad SMARTS) is 1. The molecule has 3 heteroatoms. The zero-order chi connectivity index (χ0) is 10.7. The summed E-state index contributed by atoms with van der Waals surface area (Å²) >= 11 is 0. The van der Waals surface area contributed by atoms with Gasteiger partial charge >= 0.3 is 6.09 Å². The minimum absolute atomic E-state index is 0.429. The maximum absolute atomic E-state index is 10.4. The number of hydrogen-bond acceptors (Lipinski definition) is 1. The predicted molar refractivity (Wildman–Crippen MR) is 57.9 cm³/mol. The molecule has 0 unspecified atom stereocenters. The van der Waals surface area contributed by atoms with E-state index in [0.717, 1.165) is 18.4 Å². The molecule has 0 fully saturated rings. The third kappa shape index (κ3) is 2.29. The SMILES string of the molecule is O=C(O)NCc1cccc2c1CCCC2. The van der Waals surface area contributed by atoms with Crippen molar-refractivity contribution in [3.05, 3.63) is 34.9 Å². The van der Waals surface area contributed by atoms with Gasteiger partial charge in [-0.15, -0.1) is 0 Å². The van der Waals surface area contributed by atoms with Gasteiger partial charge in [-0.1, -0.05) is 18.2 Å². The van der Waals surface area contributed by atoms with Gasteiger partial charge in [0.2, 0.25) is 0 Å². The minimum atomic E-state index is -0.955. The quantitative estimate of drug-likeness (QED) is 0.778. The molecule has 0 aromatic heterocycles. The summed E-state index contributed by atoms with van der Waals surface area (Å²) < 4.78 is 0. The van der Waals surface area contributed by atoms with Crippen molar-refractivity contribution in [2.24, 2.45) is 0 Å². The van der Waals surface area contributed by atoms with Crippen molar-refractivity contribution in [2.45, 2.75) is 32.2 Å². The second-order valence-electron chi connectivity index (χ2n) is 3.92. The number of nitrogens with one attached hydrogen (secondary N) is 1. The lowest BCUT2D eigenvalue weighted by Crippen LogP contribution is -2.21. The number of rotatable bonds is 2. The lowest BCUT2D eigenvalue weighted by molar-refractivity contribution is 0.194. The number of fused-ring (bicyclic) bond motifs is 1. The molecule has 80 valence electrons. The molecule has 0 saturated carbocycles. The highest BCUT2D eigenvalue weighted by Gasteiger charge is 2.12. The van der Waals surface area contributed by atoms with E-state index >= 15 is 0 Å². The Morgan fingerprint density at radius 3 is 2.93 bits per heavy atom. The Hall–Kier alpha value is -1.51. The van der Waals surface area contributed by atoms with Crippen molar-refractivity contribution in [2.75, 3.05) is 0 Å². The fraction of sp³-hybridized carbons (Fsp3) is 0.417. The van der Waals surface area contributed by atoms with E-state index in [4.69, 9.17) is 5.11 Å². The predicted octanol–water partition coefficient (Wildman–Crippen LogP) is 2.33. The number of carbonyl (C=O) groups is 1. The first-order valence-corrected chi connectivity index (χ1v) is 5.34. The second kappa shape index (κ2) is 4.34. The summed E-state index contributed by atoms with van der Waals surface area (Å²) in [6, 6.07) is 6.18. The van der Waals surface area contributed by atoms with Crippen LogP contribution in [0, 0.1) is 0 Å². The van der Waals surface area contributed by atoms with Gasteiger partial charge in [-0.25, -0.2) is 4.79 Å². The van der Waals surface area contributed by atoms with Crippen LogP contribution in [0.25, 0.3) is 0 Å². The fourth-order valence-electron chi connectivity index (χ4n) is 2.20. The summed E-state index contributed by atoms with van der Waals surface area (Å²) in [5.41, 5.74) is 3.89. The molecule has 0 aliphatic heterocycles. The summed E-state index contributed by atoms with van der Waals surface area (Å²) in [6.07, 6.45) is 3.74. The lowest BCUT2D eigenvalue weighted by atomic mass is 9.88. The van der Waals surface area contributed by atoms with Crippen LogP contribution in [0.1, 0.15) is 29.5 Å². The topological polar surface area (TPSA) is 49.3 Å². The van der Waals surface area contributed by atoms with Gasteiger partial charge in [0, 0.05) is 6.54 Å². The van der Waals surface area contributed by atoms with Crippen LogP contribution in [0.4, 0.5) is 4.79 Å². The normalized spacial score (nSPS) is 14.4. The Morgan fingerprint density at radius 1 is 1.33 bits per heavy atom. The number of hydrogen-bond donors (Lipinski definition) is 2. The van der Waals surface area contributed by atoms with E-state index in [1.165, 1.54) is 24.0 Å². The van der Waals surface area contributed by atoms with Crippen LogP contribution in [0.3, 0.4) is 0 Å². The van der Waals surface area contributed by atoms with Gasteiger partial charge in [0.1, 0.15) is 0 Å². The lowest BCUT2D eigenvalue weighted by Gasteiger charge is -2.19. The van der Waals surface area contributed by atoms with E-state index in [-0.39, 0.29) is 0 Å². The molecule has 0 spiro atoms. The summed E-state index contributed by atoms with van der Waals surface area (Å²) in [5, 5.41) is 11.0. The molecule has 1 aliphatic carbocycles. The van der Waals surface area contributed by atoms with Crippen LogP contribution in [0.15, 0.2) is 18.2 Å². The Labute approximate surface area is 89.1 Å². The summed E-state index contributed by atoms with van der Waals surface area (Å²) in [4.78, 5) is 10.4. The molecule has 1 aromatic rings. The van der Waals surface area contributed by atoms with Crippen molar-refractivity contribution in [3.63, 3.8) is 0 Å². The average Bonchev–Trinajstić information content (AvgIpc) is 2.26. The monoisotopic (exact) mass is 205 g/mol. The van der Waals surface area contributed by atoms with Crippen molar-refractivity contribution in [1.82, 2.24) is 5.32 Å². The highest BCUT2D eigenvalue weighted by atomic mass is 16.4. The molecule has 0 saturated heterocycles. The van der Waals surface area contributed by atoms with Gasteiger partial charge < -0.3 is 10.4 Å². The van der Waals surface area contributed by atoms with E-state index in [1.54, 1.807) is 0 Å². The van der Waals surface area contributed by atoms with E-state index in [9.17, 15) is 4.79 Å². The summed E-state index contributed by atoms with van der Waals surface area (Å²) in [7, 11) is 0. The van der Waals surface area contributed by atoms with Crippen LogP contribution in [0.5, 0.6) is 0 Å². The van der Waals surface area contributed by atoms with Gasteiger partial charge in [-0.3, -0.25) is 0 Å². The smallest absolute Gasteiger partial charge is 0.404 e. The maximum Gasteiger partial charge on any atom is 0.404 e. The van der Waals surface area contributed by atoms with Crippen molar-refractivity contribution >= 4 is 6.09 Å². The molecule has 1 amide bonds. The highest BCUT2D eigenvalue weighted by molar-refractivity contribution is 5.64. The molecular formula is C12H15NO2. The molecular weight excluding hydrogens is 190 g/mol. The first-order chi connectivity index (χ1) is 7.27. The molecule has 2 N–H and O–H groups in total. The molecule has 0 atom stereocenters. The Kier molecular flexibility index (Phi) is 2.90. The highest BCUT2D eigenvalue weighted by Crippen LogP contribution is 2.24. The summed E-state index contributed by atoms with van der Waals surface area (Å²) in [5.74, 6) is 0. The van der Waals surface area contributed by atoms with E-state index in [0.29, 0.717) is 6.54 Å². The fourth-order valence-corrected chi connectivity index (χ4v) is 2.20. The van der Waals surface area contributed by atoms with Crippen LogP contribution < -0.4 is 5.32 Å². The van der Waals surface area contributed by atoms with Crippen LogP contribution in [-0.2, 0) is 19.4 Å². The van der Waals surface area contributed by atoms with E-state index < -0.39 is 6.09 Å². The Morgan fingerprint density at radius 2 is 2.13 bits per heavy atom. The molecule has 0 bridgehead atoms. The molecule has 0 heterocycles. The minimum Gasteiger partial charge on any atom is -0.465 e. The van der Waals surface area contributed by atoms with Crippen LogP contribution >= 0.6 is 0 Å². The number of aryl methyl sites for hydroxylation is 1. The van der Waals surface area contributed by atoms with E-state index in [1.807, 2.05) is 12.1 Å². The van der Waals surface area contributed by atoms with Crippen molar-refractivity contribution in [1.29, 1.82) is 0 Å². The van der Waals surface area contributed by atoms with Gasteiger partial charge in [0.05, 0.1) is 0 Å². The van der Waals surface area contributed by atoms with Gasteiger partial charge in [0.15, 0.2) is 0 Å². The Bertz CT molecular complexity index is 374. The van der Waals surface area contributed by atoms with Gasteiger partial charge in [0.25, 0.3) is 0 Å². The third-order valence-electron chi connectivity index (χ3n) is 2.92. The third-order valence-corrected chi connectivity index (χ3v) is 2.92. The molecule has 1 aliphatic rings. The standard InChI is InChI=1S/C12H15NO2/c14-12(15)13-8-10-6-3-5-9-4-1-2-7-11(9)10/h3,5-6,13H,1-2,4,7-8H2,(H,14,15). The van der Waals surface area contributed by atoms with Crippen LogP contribution in [0.2, 0.25) is 0 Å². The summed E-state index contributed by atoms with van der Waals surface area (Å²) in [6.45, 7) is 0.429. The molecule has 15 heavy (non-hydrogen) atoms. The maximum atomic E-state index is 10.4. The number of benzene rings is 1. The first-order valence-electron chi connectivity index (χ1n) is 5.34. The molecule has 0 radical (unpaired) electrons. The molecule has 1 aromatic carbocycles. The first kappa shape index (κ1) is 10.0. The largest absolute Gasteiger partial charge is 0.465 e. The molecule has 3 nitrogen and oxygen atoms in total. The zero-order valence-corrected chi connectivity index (χ0v) is 8.62.